The highest BCUT2D eigenvalue weighted by atomic mass is 35.5. The molecule has 2 fully saturated rings. The fourth-order valence-electron chi connectivity index (χ4n) is 4.48. The number of nitrogens with zero attached hydrogens (tertiary/aromatic N) is 1. The van der Waals surface area contributed by atoms with Crippen molar-refractivity contribution in [3.05, 3.63) is 34.6 Å². The molecule has 2 aliphatic rings. The summed E-state index contributed by atoms with van der Waals surface area (Å²) in [6, 6.07) is 5.20. The summed E-state index contributed by atoms with van der Waals surface area (Å²) in [7, 11) is 0. The molecule has 0 radical (unpaired) electrons. The molecule has 3 rings (SSSR count). The Kier molecular flexibility index (Phi) is 4.65. The molecule has 5 heteroatoms. The van der Waals surface area contributed by atoms with Gasteiger partial charge in [-0.15, -0.1) is 0 Å². The summed E-state index contributed by atoms with van der Waals surface area (Å²) in [4.78, 5) is 14.9. The SMILES string of the molecule is CCOC(=O)[C@@]1(CC)C[C@H]2CC[C@@H]1N2Cc1cc(F)cc(Cl)c1. The number of hydrogen-bond donors (Lipinski definition) is 0. The molecule has 0 saturated carbocycles. The first-order valence-corrected chi connectivity index (χ1v) is 8.76. The van der Waals surface area contributed by atoms with E-state index in [1.165, 1.54) is 12.1 Å². The lowest BCUT2D eigenvalue weighted by molar-refractivity contribution is -0.157. The van der Waals surface area contributed by atoms with Crippen LogP contribution in [0.5, 0.6) is 0 Å². The van der Waals surface area contributed by atoms with E-state index >= 15 is 0 Å². The van der Waals surface area contributed by atoms with Crippen LogP contribution in [0.25, 0.3) is 0 Å². The van der Waals surface area contributed by atoms with Crippen LogP contribution in [0.15, 0.2) is 18.2 Å². The van der Waals surface area contributed by atoms with Gasteiger partial charge in [0.1, 0.15) is 5.82 Å². The number of carbonyl (C=O) groups is 1. The Bertz CT molecular complexity index is 588. The predicted octanol–water partition coefficient (Wildman–Crippen LogP) is 4.18. The topological polar surface area (TPSA) is 29.5 Å². The number of ether oxygens (including phenoxy) is 1. The van der Waals surface area contributed by atoms with Gasteiger partial charge < -0.3 is 4.74 Å². The van der Waals surface area contributed by atoms with Crippen molar-refractivity contribution in [1.29, 1.82) is 0 Å². The summed E-state index contributed by atoms with van der Waals surface area (Å²) in [5, 5.41) is 0.415. The average Bonchev–Trinajstić information content (AvgIpc) is 3.01. The molecule has 126 valence electrons. The van der Waals surface area contributed by atoms with E-state index in [1.807, 2.05) is 6.92 Å². The minimum absolute atomic E-state index is 0.0722. The second kappa shape index (κ2) is 6.40. The molecular weight excluding hydrogens is 317 g/mol. The predicted molar refractivity (Wildman–Crippen MR) is 87.7 cm³/mol. The monoisotopic (exact) mass is 339 g/mol. The molecule has 3 atom stereocenters. The fourth-order valence-corrected chi connectivity index (χ4v) is 4.72. The Morgan fingerprint density at radius 1 is 1.39 bits per heavy atom. The number of halogens is 2. The molecule has 2 aliphatic heterocycles. The molecular formula is C18H23ClFNO2. The lowest BCUT2D eigenvalue weighted by Gasteiger charge is -2.34. The quantitative estimate of drug-likeness (QED) is 0.754. The van der Waals surface area contributed by atoms with E-state index in [-0.39, 0.29) is 17.8 Å². The molecule has 1 aromatic carbocycles. The second-order valence-corrected chi connectivity index (χ2v) is 7.07. The minimum Gasteiger partial charge on any atom is -0.466 e. The Hall–Kier alpha value is -1.13. The first kappa shape index (κ1) is 16.7. The molecule has 3 nitrogen and oxygen atoms in total. The number of benzene rings is 1. The van der Waals surface area contributed by atoms with Gasteiger partial charge in [0, 0.05) is 23.7 Å². The van der Waals surface area contributed by atoms with E-state index in [0.29, 0.717) is 24.2 Å². The maximum absolute atomic E-state index is 13.6. The van der Waals surface area contributed by atoms with Gasteiger partial charge in [-0.05, 0) is 56.4 Å². The summed E-state index contributed by atoms with van der Waals surface area (Å²) in [5.74, 6) is -0.386. The van der Waals surface area contributed by atoms with Crippen molar-refractivity contribution in [1.82, 2.24) is 4.90 Å². The van der Waals surface area contributed by atoms with Gasteiger partial charge >= 0.3 is 5.97 Å². The zero-order valence-corrected chi connectivity index (χ0v) is 14.4. The van der Waals surface area contributed by atoms with E-state index < -0.39 is 5.41 Å². The van der Waals surface area contributed by atoms with Crippen molar-refractivity contribution >= 4 is 17.6 Å². The van der Waals surface area contributed by atoms with Crippen LogP contribution in [0.2, 0.25) is 5.02 Å². The highest BCUT2D eigenvalue weighted by molar-refractivity contribution is 6.30. The molecule has 0 aliphatic carbocycles. The zero-order valence-electron chi connectivity index (χ0n) is 13.6. The van der Waals surface area contributed by atoms with Crippen LogP contribution in [0.3, 0.4) is 0 Å². The van der Waals surface area contributed by atoms with E-state index in [9.17, 15) is 9.18 Å². The summed E-state index contributed by atoms with van der Waals surface area (Å²) in [5.41, 5.74) is 0.457. The largest absolute Gasteiger partial charge is 0.466 e. The van der Waals surface area contributed by atoms with E-state index in [4.69, 9.17) is 16.3 Å². The van der Waals surface area contributed by atoms with Crippen molar-refractivity contribution in [2.24, 2.45) is 5.41 Å². The first-order valence-electron chi connectivity index (χ1n) is 8.38. The lowest BCUT2D eigenvalue weighted by Crippen LogP contribution is -2.43. The summed E-state index contributed by atoms with van der Waals surface area (Å²) in [6.07, 6.45) is 3.72. The van der Waals surface area contributed by atoms with Crippen LogP contribution in [-0.2, 0) is 16.1 Å². The number of esters is 1. The molecule has 0 N–H and O–H groups in total. The molecule has 23 heavy (non-hydrogen) atoms. The smallest absolute Gasteiger partial charge is 0.313 e. The van der Waals surface area contributed by atoms with Crippen LogP contribution >= 0.6 is 11.6 Å². The van der Waals surface area contributed by atoms with Gasteiger partial charge in [-0.25, -0.2) is 4.39 Å². The molecule has 1 aromatic rings. The summed E-state index contributed by atoms with van der Waals surface area (Å²) in [6.45, 7) is 4.96. The van der Waals surface area contributed by atoms with Gasteiger partial charge in [0.25, 0.3) is 0 Å². The number of fused-ring (bicyclic) bond motifs is 2. The highest BCUT2D eigenvalue weighted by Crippen LogP contribution is 2.52. The van der Waals surface area contributed by atoms with E-state index in [2.05, 4.69) is 11.8 Å². The average molecular weight is 340 g/mol. The summed E-state index contributed by atoms with van der Waals surface area (Å²) < 4.78 is 18.9. The maximum Gasteiger partial charge on any atom is 0.313 e. The zero-order chi connectivity index (χ0) is 16.6. The fraction of sp³-hybridized carbons (Fsp3) is 0.611. The van der Waals surface area contributed by atoms with Crippen LogP contribution < -0.4 is 0 Å². The van der Waals surface area contributed by atoms with Gasteiger partial charge in [-0.1, -0.05) is 18.5 Å². The number of rotatable bonds is 5. The van der Waals surface area contributed by atoms with Crippen molar-refractivity contribution in [2.45, 2.75) is 58.2 Å². The van der Waals surface area contributed by atoms with Crippen LogP contribution in [0.4, 0.5) is 4.39 Å². The van der Waals surface area contributed by atoms with E-state index in [0.717, 1.165) is 31.2 Å². The molecule has 2 bridgehead atoms. The molecule has 2 heterocycles. The Labute approximate surface area is 141 Å². The Morgan fingerprint density at radius 3 is 2.83 bits per heavy atom. The van der Waals surface area contributed by atoms with Crippen LogP contribution in [0.1, 0.15) is 45.1 Å². The molecule has 0 aromatic heterocycles. The van der Waals surface area contributed by atoms with Crippen LogP contribution in [0, 0.1) is 11.2 Å². The Balaban J connectivity index is 1.83. The third-order valence-electron chi connectivity index (χ3n) is 5.48. The van der Waals surface area contributed by atoms with Crippen molar-refractivity contribution in [3.63, 3.8) is 0 Å². The normalized spacial score (nSPS) is 29.9. The summed E-state index contributed by atoms with van der Waals surface area (Å²) >= 11 is 5.97. The standard InChI is InChI=1S/C18H23ClFNO2/c1-3-18(17(22)23-4-2)10-15-5-6-16(18)21(15)11-12-7-13(19)9-14(20)8-12/h7-9,15-16H,3-6,10-11H2,1-2H3/t15-,16+,18+/m1/s1. The van der Waals surface area contributed by atoms with Gasteiger partial charge in [0.15, 0.2) is 0 Å². The number of carbonyl (C=O) groups excluding carboxylic acids is 1. The third kappa shape index (κ3) is 2.87. The lowest BCUT2D eigenvalue weighted by atomic mass is 9.72. The molecule has 0 spiro atoms. The van der Waals surface area contributed by atoms with Gasteiger partial charge in [0.2, 0.25) is 0 Å². The van der Waals surface area contributed by atoms with Crippen molar-refractivity contribution in [2.75, 3.05) is 6.61 Å². The molecule has 0 amide bonds. The van der Waals surface area contributed by atoms with Crippen LogP contribution in [-0.4, -0.2) is 29.6 Å². The Morgan fingerprint density at radius 2 is 2.17 bits per heavy atom. The van der Waals surface area contributed by atoms with Crippen molar-refractivity contribution < 1.29 is 13.9 Å². The van der Waals surface area contributed by atoms with Gasteiger partial charge in [-0.3, -0.25) is 9.69 Å². The second-order valence-electron chi connectivity index (χ2n) is 6.63. The molecule has 2 saturated heterocycles. The highest BCUT2D eigenvalue weighted by Gasteiger charge is 2.59. The number of hydrogen-bond acceptors (Lipinski definition) is 3. The van der Waals surface area contributed by atoms with Gasteiger partial charge in [-0.2, -0.15) is 0 Å². The van der Waals surface area contributed by atoms with E-state index in [1.54, 1.807) is 6.07 Å². The first-order chi connectivity index (χ1) is 11.0. The van der Waals surface area contributed by atoms with Crippen molar-refractivity contribution in [3.8, 4) is 0 Å². The minimum atomic E-state index is -0.407. The molecule has 0 unspecified atom stereocenters. The third-order valence-corrected chi connectivity index (χ3v) is 5.70. The van der Waals surface area contributed by atoms with Gasteiger partial charge in [0.05, 0.1) is 12.0 Å². The maximum atomic E-state index is 13.6.